The van der Waals surface area contributed by atoms with Gasteiger partial charge in [-0.25, -0.2) is 9.31 Å². The molecule has 0 spiro atoms. The number of aromatic nitrogens is 4. The second kappa shape index (κ2) is 3.80. The molecule has 0 aliphatic heterocycles. The van der Waals surface area contributed by atoms with E-state index in [0.29, 0.717) is 10.4 Å². The van der Waals surface area contributed by atoms with Gasteiger partial charge >= 0.3 is 5.97 Å². The number of ether oxygens (including phenoxy) is 1. The Kier molecular flexibility index (Phi) is 2.24. The Morgan fingerprint density at radius 3 is 3.05 bits per heavy atom. The minimum atomic E-state index is -0.637. The molecule has 19 heavy (non-hydrogen) atoms. The van der Waals surface area contributed by atoms with Gasteiger partial charge in [-0.2, -0.15) is 5.10 Å². The van der Waals surface area contributed by atoms with E-state index >= 15 is 0 Å². The van der Waals surface area contributed by atoms with E-state index in [9.17, 15) is 15.1 Å². The zero-order valence-corrected chi connectivity index (χ0v) is 9.77. The number of benzene rings is 1. The third-order valence-electron chi connectivity index (χ3n) is 2.73. The van der Waals surface area contributed by atoms with E-state index < -0.39 is 5.97 Å². The van der Waals surface area contributed by atoms with Crippen molar-refractivity contribution in [1.82, 2.24) is 14.7 Å². The van der Waals surface area contributed by atoms with Crippen LogP contribution in [0.2, 0.25) is 0 Å². The lowest BCUT2D eigenvalue weighted by atomic mass is 10.3. The third kappa shape index (κ3) is 1.53. The Labute approximate surface area is 106 Å². The van der Waals surface area contributed by atoms with E-state index in [1.165, 1.54) is 36.0 Å². The molecule has 0 amide bonds. The molecule has 0 bridgehead atoms. The number of phenols is 1. The lowest BCUT2D eigenvalue weighted by Gasteiger charge is -2.02. The lowest BCUT2D eigenvalue weighted by molar-refractivity contribution is -0.640. The van der Waals surface area contributed by atoms with Crippen molar-refractivity contribution in [2.45, 2.75) is 0 Å². The molecule has 0 aliphatic carbocycles. The van der Waals surface area contributed by atoms with Crippen molar-refractivity contribution in [3.8, 4) is 5.75 Å². The van der Waals surface area contributed by atoms with E-state index in [1.807, 2.05) is 0 Å². The summed E-state index contributed by atoms with van der Waals surface area (Å²) >= 11 is 0. The summed E-state index contributed by atoms with van der Waals surface area (Å²) in [6.45, 7) is 0. The molecule has 8 nitrogen and oxygen atoms in total. The average molecular weight is 260 g/mol. The van der Waals surface area contributed by atoms with Crippen molar-refractivity contribution < 1.29 is 19.5 Å². The number of carbonyl (C=O) groups is 1. The SMILES string of the molecule is COC(=O)c1cnn2c1n[n+]([O-])c1ccc(O)cc12. The molecule has 96 valence electrons. The molecule has 0 atom stereocenters. The van der Waals surface area contributed by atoms with Gasteiger partial charge in [0.05, 0.1) is 13.3 Å². The van der Waals surface area contributed by atoms with Gasteiger partial charge in [0.15, 0.2) is 0 Å². The van der Waals surface area contributed by atoms with Crippen LogP contribution in [-0.4, -0.2) is 32.9 Å². The van der Waals surface area contributed by atoms with E-state index in [4.69, 9.17) is 0 Å². The number of nitrogens with zero attached hydrogens (tertiary/aromatic N) is 4. The fraction of sp³-hybridized carbons (Fsp3) is 0.0909. The van der Waals surface area contributed by atoms with Gasteiger partial charge in [-0.05, 0) is 10.9 Å². The summed E-state index contributed by atoms with van der Waals surface area (Å²) in [6, 6.07) is 4.16. The van der Waals surface area contributed by atoms with Gasteiger partial charge in [-0.3, -0.25) is 0 Å². The number of hydrogen-bond acceptors (Lipinski definition) is 6. The average Bonchev–Trinajstić information content (AvgIpc) is 2.81. The predicted molar refractivity (Wildman–Crippen MR) is 62.5 cm³/mol. The Balaban J connectivity index is 2.45. The minimum absolute atomic E-state index is 0.0184. The van der Waals surface area contributed by atoms with Crippen molar-refractivity contribution >= 4 is 22.6 Å². The number of carbonyl (C=O) groups excluding carboxylic acids is 1. The molecular formula is C11H8N4O4. The minimum Gasteiger partial charge on any atom is -0.594 e. The van der Waals surface area contributed by atoms with Crippen molar-refractivity contribution in [2.24, 2.45) is 0 Å². The van der Waals surface area contributed by atoms with Gasteiger partial charge in [0.25, 0.3) is 5.52 Å². The van der Waals surface area contributed by atoms with Crippen molar-refractivity contribution in [1.29, 1.82) is 0 Å². The summed E-state index contributed by atoms with van der Waals surface area (Å²) in [5.41, 5.74) is 0.720. The van der Waals surface area contributed by atoms with Crippen molar-refractivity contribution in [3.05, 3.63) is 35.2 Å². The standard InChI is InChI=1S/C11H8N4O4/c1-19-11(17)7-5-12-14-9-4-6(16)2-3-8(9)15(18)13-10(7)14/h2-5,16H,1H3. The zero-order chi connectivity index (χ0) is 13.6. The van der Waals surface area contributed by atoms with E-state index in [0.717, 1.165) is 0 Å². The molecule has 3 aromatic rings. The van der Waals surface area contributed by atoms with Crippen molar-refractivity contribution in [2.75, 3.05) is 7.11 Å². The molecular weight excluding hydrogens is 252 g/mol. The highest BCUT2D eigenvalue weighted by Crippen LogP contribution is 2.19. The molecule has 8 heteroatoms. The Morgan fingerprint density at radius 2 is 2.32 bits per heavy atom. The molecule has 0 saturated heterocycles. The molecule has 1 N–H and O–H groups in total. The number of rotatable bonds is 1. The van der Waals surface area contributed by atoms with Gasteiger partial charge in [0.1, 0.15) is 16.8 Å². The summed E-state index contributed by atoms with van der Waals surface area (Å²) in [5, 5.41) is 29.0. The maximum absolute atomic E-state index is 11.8. The summed E-state index contributed by atoms with van der Waals surface area (Å²) in [5.74, 6) is -0.655. The summed E-state index contributed by atoms with van der Waals surface area (Å²) in [4.78, 5) is 11.9. The van der Waals surface area contributed by atoms with Crippen LogP contribution in [0.4, 0.5) is 0 Å². The highest BCUT2D eigenvalue weighted by molar-refractivity contribution is 5.96. The highest BCUT2D eigenvalue weighted by Gasteiger charge is 2.20. The third-order valence-corrected chi connectivity index (χ3v) is 2.73. The molecule has 0 radical (unpaired) electrons. The maximum atomic E-state index is 11.8. The summed E-state index contributed by atoms with van der Waals surface area (Å²) in [7, 11) is 1.23. The monoisotopic (exact) mass is 260 g/mol. The van der Waals surface area contributed by atoms with E-state index in [1.54, 1.807) is 0 Å². The maximum Gasteiger partial charge on any atom is 0.343 e. The first-order valence-corrected chi connectivity index (χ1v) is 5.30. The second-order valence-corrected chi connectivity index (χ2v) is 3.83. The van der Waals surface area contributed by atoms with Crippen LogP contribution in [0.3, 0.4) is 0 Å². The molecule has 2 aromatic heterocycles. The van der Waals surface area contributed by atoms with Gasteiger partial charge < -0.3 is 15.1 Å². The number of fused-ring (bicyclic) bond motifs is 3. The Hall–Kier alpha value is -2.90. The lowest BCUT2D eigenvalue weighted by Crippen LogP contribution is -2.33. The fourth-order valence-corrected chi connectivity index (χ4v) is 1.85. The van der Waals surface area contributed by atoms with Crippen LogP contribution in [0.5, 0.6) is 5.75 Å². The van der Waals surface area contributed by atoms with Gasteiger partial charge in [0.2, 0.25) is 5.65 Å². The molecule has 3 rings (SSSR count). The number of phenolic OH excluding ortho intramolecular Hbond substituents is 1. The number of methoxy groups -OCH3 is 1. The fourth-order valence-electron chi connectivity index (χ4n) is 1.85. The first-order chi connectivity index (χ1) is 9.11. The topological polar surface area (TPSA) is 104 Å². The van der Waals surface area contributed by atoms with Crippen LogP contribution in [-0.2, 0) is 4.74 Å². The summed E-state index contributed by atoms with van der Waals surface area (Å²) < 4.78 is 5.89. The molecule has 2 heterocycles. The Morgan fingerprint density at radius 1 is 1.53 bits per heavy atom. The first-order valence-electron chi connectivity index (χ1n) is 5.30. The molecule has 0 fully saturated rings. The number of hydrogen-bond donors (Lipinski definition) is 1. The van der Waals surface area contributed by atoms with E-state index in [-0.39, 0.29) is 22.5 Å². The van der Waals surface area contributed by atoms with Crippen molar-refractivity contribution in [3.63, 3.8) is 0 Å². The van der Waals surface area contributed by atoms with Crippen LogP contribution < -0.4 is 4.85 Å². The van der Waals surface area contributed by atoms with Crippen LogP contribution in [0.1, 0.15) is 10.4 Å². The van der Waals surface area contributed by atoms with Crippen LogP contribution >= 0.6 is 0 Å². The van der Waals surface area contributed by atoms with Gasteiger partial charge in [0, 0.05) is 17.2 Å². The van der Waals surface area contributed by atoms with Gasteiger partial charge in [-0.15, -0.1) is 0 Å². The Bertz CT molecular complexity index is 811. The summed E-state index contributed by atoms with van der Waals surface area (Å²) in [6.07, 6.45) is 1.26. The largest absolute Gasteiger partial charge is 0.594 e. The normalized spacial score (nSPS) is 11.0. The van der Waals surface area contributed by atoms with E-state index in [2.05, 4.69) is 14.9 Å². The predicted octanol–water partition coefficient (Wildman–Crippen LogP) is 0.00810. The zero-order valence-electron chi connectivity index (χ0n) is 9.77. The smallest absolute Gasteiger partial charge is 0.343 e. The van der Waals surface area contributed by atoms with Crippen LogP contribution in [0.15, 0.2) is 24.4 Å². The molecule has 1 aromatic carbocycles. The molecule has 0 saturated carbocycles. The second-order valence-electron chi connectivity index (χ2n) is 3.83. The number of aromatic hydroxyl groups is 1. The molecule has 0 aliphatic rings. The van der Waals surface area contributed by atoms with Gasteiger partial charge in [-0.1, -0.05) is 0 Å². The molecule has 0 unspecified atom stereocenters. The first kappa shape index (κ1) is 11.2. The van der Waals surface area contributed by atoms with Crippen LogP contribution in [0, 0.1) is 5.21 Å². The number of esters is 1. The quantitative estimate of drug-likeness (QED) is 0.375. The van der Waals surface area contributed by atoms with Crippen LogP contribution in [0.25, 0.3) is 16.7 Å². The highest BCUT2D eigenvalue weighted by atomic mass is 16.5.